The van der Waals surface area contributed by atoms with Crippen molar-refractivity contribution in [3.63, 3.8) is 0 Å². The molecule has 0 saturated carbocycles. The van der Waals surface area contributed by atoms with E-state index >= 15 is 0 Å². The molecule has 0 spiro atoms. The van der Waals surface area contributed by atoms with Crippen molar-refractivity contribution in [1.82, 2.24) is 0 Å². The lowest BCUT2D eigenvalue weighted by Crippen LogP contribution is -2.09. The van der Waals surface area contributed by atoms with Gasteiger partial charge in [-0.05, 0) is 136 Å². The lowest BCUT2D eigenvalue weighted by Gasteiger charge is -2.26. The molecule has 0 aliphatic rings. The summed E-state index contributed by atoms with van der Waals surface area (Å²) in [4.78, 5) is 2.36. The number of nitrogens with zero attached hydrogens (tertiary/aromatic N) is 1. The molecule has 0 amide bonds. The molecule has 0 aliphatic carbocycles. The van der Waals surface area contributed by atoms with Gasteiger partial charge in [0.15, 0.2) is 0 Å². The second-order valence-corrected chi connectivity index (χ2v) is 14.9. The van der Waals surface area contributed by atoms with E-state index in [2.05, 4.69) is 229 Å². The Balaban J connectivity index is 0.985. The molecule has 266 valence electrons. The minimum atomic E-state index is 1.10. The SMILES string of the molecule is c1ccc2c(-c3ccc(N(c4ccc(-c5ccc6ccc7ccccc7c6c5)cc4)c4ccc(-c5ccc6ccc7ccccc7c6c5)cc4)cc3)cccc2c1. The number of fused-ring (bicyclic) bond motifs is 7. The molecule has 11 aromatic carbocycles. The van der Waals surface area contributed by atoms with Crippen LogP contribution in [0.3, 0.4) is 0 Å². The van der Waals surface area contributed by atoms with E-state index in [9.17, 15) is 0 Å². The molecule has 0 aliphatic heterocycles. The van der Waals surface area contributed by atoms with Crippen molar-refractivity contribution in [1.29, 1.82) is 0 Å². The van der Waals surface area contributed by atoms with Crippen molar-refractivity contribution in [2.75, 3.05) is 4.90 Å². The van der Waals surface area contributed by atoms with E-state index in [0.29, 0.717) is 0 Å². The van der Waals surface area contributed by atoms with E-state index in [0.717, 1.165) is 17.1 Å². The molecular weight excluding hydrogens is 687 g/mol. The molecular formula is C56H37N. The number of anilines is 3. The van der Waals surface area contributed by atoms with Gasteiger partial charge in [0.05, 0.1) is 0 Å². The molecule has 11 rings (SSSR count). The molecule has 11 aromatic rings. The maximum Gasteiger partial charge on any atom is 0.0462 e. The van der Waals surface area contributed by atoms with Crippen molar-refractivity contribution < 1.29 is 0 Å². The molecule has 0 atom stereocenters. The predicted octanol–water partition coefficient (Wildman–Crippen LogP) is 15.9. The summed E-state index contributed by atoms with van der Waals surface area (Å²) in [5.41, 5.74) is 10.6. The lowest BCUT2D eigenvalue weighted by atomic mass is 9.96. The third-order valence-corrected chi connectivity index (χ3v) is 11.6. The zero-order valence-corrected chi connectivity index (χ0v) is 31.3. The summed E-state index contributed by atoms with van der Waals surface area (Å²) >= 11 is 0. The van der Waals surface area contributed by atoms with Crippen LogP contribution in [0.2, 0.25) is 0 Å². The first-order chi connectivity index (χ1) is 28.2. The van der Waals surface area contributed by atoms with Crippen molar-refractivity contribution in [2.24, 2.45) is 0 Å². The van der Waals surface area contributed by atoms with Crippen molar-refractivity contribution in [2.45, 2.75) is 0 Å². The molecule has 1 nitrogen and oxygen atoms in total. The summed E-state index contributed by atoms with van der Waals surface area (Å²) in [6.45, 7) is 0. The van der Waals surface area contributed by atoms with Gasteiger partial charge in [-0.15, -0.1) is 0 Å². The zero-order valence-electron chi connectivity index (χ0n) is 31.3. The number of hydrogen-bond donors (Lipinski definition) is 0. The summed E-state index contributed by atoms with van der Waals surface area (Å²) in [5.74, 6) is 0. The van der Waals surface area contributed by atoms with Gasteiger partial charge < -0.3 is 4.90 Å². The Morgan fingerprint density at radius 1 is 0.211 bits per heavy atom. The Morgan fingerprint density at radius 2 is 0.544 bits per heavy atom. The minimum absolute atomic E-state index is 1.10. The van der Waals surface area contributed by atoms with Crippen LogP contribution in [0.5, 0.6) is 0 Å². The molecule has 0 aromatic heterocycles. The van der Waals surface area contributed by atoms with E-state index < -0.39 is 0 Å². The van der Waals surface area contributed by atoms with E-state index in [-0.39, 0.29) is 0 Å². The molecule has 0 bridgehead atoms. The van der Waals surface area contributed by atoms with Crippen LogP contribution in [0.4, 0.5) is 17.1 Å². The van der Waals surface area contributed by atoms with Crippen LogP contribution < -0.4 is 4.90 Å². The molecule has 0 radical (unpaired) electrons. The third kappa shape index (κ3) is 5.89. The van der Waals surface area contributed by atoms with Crippen LogP contribution in [0.15, 0.2) is 224 Å². The minimum Gasteiger partial charge on any atom is -0.311 e. The predicted molar refractivity (Wildman–Crippen MR) is 245 cm³/mol. The molecule has 0 N–H and O–H groups in total. The summed E-state index contributed by atoms with van der Waals surface area (Å²) in [5, 5.41) is 12.7. The Morgan fingerprint density at radius 3 is 1.02 bits per heavy atom. The lowest BCUT2D eigenvalue weighted by molar-refractivity contribution is 1.28. The highest BCUT2D eigenvalue weighted by Crippen LogP contribution is 2.40. The van der Waals surface area contributed by atoms with Crippen LogP contribution in [-0.2, 0) is 0 Å². The van der Waals surface area contributed by atoms with Crippen LogP contribution in [-0.4, -0.2) is 0 Å². The van der Waals surface area contributed by atoms with E-state index in [1.54, 1.807) is 0 Å². The zero-order chi connectivity index (χ0) is 37.7. The van der Waals surface area contributed by atoms with Gasteiger partial charge in [0.2, 0.25) is 0 Å². The molecule has 0 fully saturated rings. The van der Waals surface area contributed by atoms with Crippen molar-refractivity contribution in [3.05, 3.63) is 224 Å². The van der Waals surface area contributed by atoms with E-state index in [4.69, 9.17) is 0 Å². The van der Waals surface area contributed by atoms with Gasteiger partial charge in [0, 0.05) is 17.1 Å². The monoisotopic (exact) mass is 723 g/mol. The van der Waals surface area contributed by atoms with Gasteiger partial charge in [-0.25, -0.2) is 0 Å². The highest BCUT2D eigenvalue weighted by atomic mass is 15.1. The van der Waals surface area contributed by atoms with Gasteiger partial charge in [-0.1, -0.05) is 176 Å². The number of hydrogen-bond acceptors (Lipinski definition) is 1. The molecule has 0 heterocycles. The van der Waals surface area contributed by atoms with Gasteiger partial charge in [0.25, 0.3) is 0 Å². The van der Waals surface area contributed by atoms with Crippen LogP contribution >= 0.6 is 0 Å². The molecule has 0 saturated heterocycles. The van der Waals surface area contributed by atoms with Crippen molar-refractivity contribution >= 4 is 70.9 Å². The summed E-state index contributed by atoms with van der Waals surface area (Å²) < 4.78 is 0. The Labute approximate surface area is 332 Å². The van der Waals surface area contributed by atoms with Crippen molar-refractivity contribution in [3.8, 4) is 33.4 Å². The molecule has 0 unspecified atom stereocenters. The van der Waals surface area contributed by atoms with E-state index in [1.807, 2.05) is 0 Å². The average Bonchev–Trinajstić information content (AvgIpc) is 3.29. The summed E-state index contributed by atoms with van der Waals surface area (Å²) in [7, 11) is 0. The fraction of sp³-hybridized carbons (Fsp3) is 0. The second kappa shape index (κ2) is 13.7. The topological polar surface area (TPSA) is 3.24 Å². The smallest absolute Gasteiger partial charge is 0.0462 e. The standard InChI is InChI=1S/C56H37N/c1-4-12-51-40(8-1)11-7-15-52(51)43-28-34-50(35-29-43)57(48-30-24-38(25-31-48)46-22-20-44-18-16-41-9-2-5-13-53(41)55(44)36-46)49-32-26-39(27-33-49)47-23-21-45-19-17-42-10-3-6-14-54(42)56(45)37-47/h1-37H. The van der Waals surface area contributed by atoms with Gasteiger partial charge >= 0.3 is 0 Å². The Hall–Kier alpha value is -7.48. The first kappa shape index (κ1) is 32.9. The Kier molecular flexibility index (Phi) is 7.89. The van der Waals surface area contributed by atoms with Gasteiger partial charge in [-0.2, -0.15) is 0 Å². The average molecular weight is 724 g/mol. The first-order valence-corrected chi connectivity index (χ1v) is 19.7. The summed E-state index contributed by atoms with van der Waals surface area (Å²) in [6, 6.07) is 82.1. The Bertz CT molecular complexity index is 3100. The maximum atomic E-state index is 2.36. The highest BCUT2D eigenvalue weighted by molar-refractivity contribution is 6.10. The fourth-order valence-electron chi connectivity index (χ4n) is 8.68. The normalized spacial score (nSPS) is 11.5. The molecule has 57 heavy (non-hydrogen) atoms. The molecule has 1 heteroatoms. The van der Waals surface area contributed by atoms with Gasteiger partial charge in [-0.3, -0.25) is 0 Å². The number of rotatable bonds is 6. The second-order valence-electron chi connectivity index (χ2n) is 14.9. The summed E-state index contributed by atoms with van der Waals surface area (Å²) in [6.07, 6.45) is 0. The van der Waals surface area contributed by atoms with E-state index in [1.165, 1.54) is 87.2 Å². The van der Waals surface area contributed by atoms with Crippen LogP contribution in [0.1, 0.15) is 0 Å². The quantitative estimate of drug-likeness (QED) is 0.154. The van der Waals surface area contributed by atoms with Crippen LogP contribution in [0, 0.1) is 0 Å². The third-order valence-electron chi connectivity index (χ3n) is 11.6. The highest BCUT2D eigenvalue weighted by Gasteiger charge is 2.15. The van der Waals surface area contributed by atoms with Gasteiger partial charge in [0.1, 0.15) is 0 Å². The maximum absolute atomic E-state index is 2.36. The first-order valence-electron chi connectivity index (χ1n) is 19.7. The largest absolute Gasteiger partial charge is 0.311 e. The number of benzene rings is 11. The van der Waals surface area contributed by atoms with Crippen LogP contribution in [0.25, 0.3) is 87.2 Å². The fourth-order valence-corrected chi connectivity index (χ4v) is 8.68.